The van der Waals surface area contributed by atoms with Crippen LogP contribution in [0.4, 0.5) is 0 Å². The van der Waals surface area contributed by atoms with Crippen molar-refractivity contribution in [2.24, 2.45) is 0 Å². The van der Waals surface area contributed by atoms with E-state index < -0.39 is 30.0 Å². The third-order valence-electron chi connectivity index (χ3n) is 7.82. The van der Waals surface area contributed by atoms with Gasteiger partial charge >= 0.3 is 5.79 Å². The molecule has 40 heavy (non-hydrogen) atoms. The second-order valence-electron chi connectivity index (χ2n) is 10.2. The van der Waals surface area contributed by atoms with Gasteiger partial charge in [0.15, 0.2) is 0 Å². The molecule has 10 nitrogen and oxygen atoms in total. The van der Waals surface area contributed by atoms with Gasteiger partial charge in [0.2, 0.25) is 0 Å². The van der Waals surface area contributed by atoms with Gasteiger partial charge in [-0.1, -0.05) is 12.1 Å². The van der Waals surface area contributed by atoms with E-state index in [0.717, 1.165) is 6.07 Å². The highest BCUT2D eigenvalue weighted by atomic mass is 16.7. The molecule has 0 saturated heterocycles. The summed E-state index contributed by atoms with van der Waals surface area (Å²) in [7, 11) is 0. The lowest BCUT2D eigenvalue weighted by atomic mass is 9.74. The van der Waals surface area contributed by atoms with Crippen LogP contribution in [0.1, 0.15) is 39.8 Å². The Bertz CT molecular complexity index is 1650. The molecule has 204 valence electrons. The molecule has 10 heteroatoms. The highest BCUT2D eigenvalue weighted by molar-refractivity contribution is 5.67. The van der Waals surface area contributed by atoms with Crippen molar-refractivity contribution >= 4 is 0 Å². The average Bonchev–Trinajstić information content (AvgIpc) is 2.90. The van der Waals surface area contributed by atoms with Crippen molar-refractivity contribution < 1.29 is 50.0 Å². The van der Waals surface area contributed by atoms with Crippen molar-refractivity contribution in [2.75, 3.05) is 0 Å². The van der Waals surface area contributed by atoms with Crippen LogP contribution < -0.4 is 14.2 Å². The molecule has 4 aromatic rings. The number of ether oxygens (including phenoxy) is 3. The molecule has 4 aromatic carbocycles. The lowest BCUT2D eigenvalue weighted by Gasteiger charge is -2.50. The topological polar surface area (TPSA) is 169 Å². The van der Waals surface area contributed by atoms with Gasteiger partial charge in [-0.25, -0.2) is 0 Å². The summed E-state index contributed by atoms with van der Waals surface area (Å²) in [5, 5.41) is 74.7. The van der Waals surface area contributed by atoms with Gasteiger partial charge in [0.25, 0.3) is 0 Å². The van der Waals surface area contributed by atoms with Crippen molar-refractivity contribution in [3.05, 3.63) is 94.5 Å². The van der Waals surface area contributed by atoms with Crippen LogP contribution in [0.2, 0.25) is 0 Å². The maximum Gasteiger partial charge on any atom is 0.305 e. The van der Waals surface area contributed by atoms with Gasteiger partial charge in [-0.2, -0.15) is 0 Å². The molecule has 0 radical (unpaired) electrons. The first kappa shape index (κ1) is 24.3. The molecule has 0 amide bonds. The van der Waals surface area contributed by atoms with Crippen molar-refractivity contribution in [1.82, 2.24) is 0 Å². The molecule has 5 atom stereocenters. The minimum Gasteiger partial charge on any atom is -0.508 e. The molecule has 2 bridgehead atoms. The molecule has 0 saturated carbocycles. The highest BCUT2D eigenvalue weighted by Crippen LogP contribution is 2.62. The lowest BCUT2D eigenvalue weighted by Crippen LogP contribution is -2.57. The predicted octanol–water partition coefficient (Wildman–Crippen LogP) is 3.38. The van der Waals surface area contributed by atoms with E-state index in [0.29, 0.717) is 22.3 Å². The molecule has 3 aliphatic heterocycles. The van der Waals surface area contributed by atoms with E-state index >= 15 is 0 Å². The van der Waals surface area contributed by atoms with Crippen LogP contribution in [0.5, 0.6) is 46.0 Å². The number of fused-ring (bicyclic) bond motifs is 8. The van der Waals surface area contributed by atoms with Gasteiger partial charge in [-0.15, -0.1) is 0 Å². The van der Waals surface area contributed by atoms with E-state index in [1.807, 2.05) is 0 Å². The molecule has 3 heterocycles. The first-order valence-corrected chi connectivity index (χ1v) is 12.6. The standard InChI is InChI=1S/C30H24O10/c31-15-5-1-13(2-6-15)27-21(36)11-18-19(34)12-23-25(28(18)38-27)26-24-20(35)9-17(33)10-22(24)39-30(40-23,29(26)37)14-3-7-16(32)8-4-14/h1-10,12,21,26-27,29,31-37H,11H2/t21-,26+,27+,29+,30-/m0/s1. The molecule has 7 rings (SSSR count). The molecule has 0 unspecified atom stereocenters. The number of aliphatic hydroxyl groups excluding tert-OH is 2. The zero-order chi connectivity index (χ0) is 27.9. The van der Waals surface area contributed by atoms with E-state index in [9.17, 15) is 35.7 Å². The second kappa shape index (κ2) is 8.35. The van der Waals surface area contributed by atoms with Crippen LogP contribution in [0, 0.1) is 0 Å². The van der Waals surface area contributed by atoms with E-state index in [4.69, 9.17) is 14.2 Å². The molecule has 0 spiro atoms. The molecular weight excluding hydrogens is 520 g/mol. The maximum atomic E-state index is 11.9. The van der Waals surface area contributed by atoms with Gasteiger partial charge in [-0.05, 0) is 42.0 Å². The SMILES string of the molecule is Oc1ccc([C@H]2Oc3c(c(O)cc4c3[C@H]3c5c(O)cc(O)cc5O[C@@](c5ccc(O)cc5)(O4)[C@@H]3O)C[C@@H]2O)cc1. The smallest absolute Gasteiger partial charge is 0.305 e. The average molecular weight is 545 g/mol. The molecule has 7 N–H and O–H groups in total. The fourth-order valence-corrected chi connectivity index (χ4v) is 5.99. The zero-order valence-corrected chi connectivity index (χ0v) is 20.7. The Morgan fingerprint density at radius 3 is 1.98 bits per heavy atom. The fraction of sp³-hybridized carbons (Fsp3) is 0.200. The van der Waals surface area contributed by atoms with Crippen LogP contribution in [-0.4, -0.2) is 48.0 Å². The number of aromatic hydroxyl groups is 5. The largest absolute Gasteiger partial charge is 0.508 e. The van der Waals surface area contributed by atoms with Gasteiger partial charge in [0.05, 0.1) is 12.0 Å². The van der Waals surface area contributed by atoms with Crippen LogP contribution in [0.3, 0.4) is 0 Å². The van der Waals surface area contributed by atoms with Crippen LogP contribution >= 0.6 is 0 Å². The Labute approximate surface area is 227 Å². The maximum absolute atomic E-state index is 11.9. The minimum atomic E-state index is -1.89. The second-order valence-corrected chi connectivity index (χ2v) is 10.2. The van der Waals surface area contributed by atoms with Crippen molar-refractivity contribution in [3.8, 4) is 46.0 Å². The Hall–Kier alpha value is -4.80. The van der Waals surface area contributed by atoms with E-state index in [1.165, 1.54) is 48.5 Å². The Morgan fingerprint density at radius 2 is 1.30 bits per heavy atom. The van der Waals surface area contributed by atoms with Gasteiger partial charge in [0.1, 0.15) is 58.2 Å². The number of phenols is 5. The first-order valence-electron chi connectivity index (χ1n) is 12.6. The van der Waals surface area contributed by atoms with E-state index in [1.54, 1.807) is 12.1 Å². The monoisotopic (exact) mass is 544 g/mol. The number of aliphatic hydroxyl groups is 2. The number of rotatable bonds is 2. The normalized spacial score (nSPS) is 25.9. The Morgan fingerprint density at radius 1 is 0.675 bits per heavy atom. The van der Waals surface area contributed by atoms with E-state index in [-0.39, 0.29) is 58.0 Å². The van der Waals surface area contributed by atoms with Gasteiger partial charge in [0, 0.05) is 46.9 Å². The molecular formula is C30H24O10. The van der Waals surface area contributed by atoms with Crippen molar-refractivity contribution in [1.29, 1.82) is 0 Å². The first-order chi connectivity index (χ1) is 19.2. The number of hydrogen-bond donors (Lipinski definition) is 7. The highest BCUT2D eigenvalue weighted by Gasteiger charge is 2.60. The van der Waals surface area contributed by atoms with Crippen molar-refractivity contribution in [3.63, 3.8) is 0 Å². The van der Waals surface area contributed by atoms with Crippen LogP contribution in [0.25, 0.3) is 0 Å². The quantitative estimate of drug-likeness (QED) is 0.199. The Kier molecular flexibility index (Phi) is 5.06. The molecule has 0 aromatic heterocycles. The summed E-state index contributed by atoms with van der Waals surface area (Å²) in [6.07, 6.45) is -3.38. The lowest BCUT2D eigenvalue weighted by molar-refractivity contribution is -0.219. The predicted molar refractivity (Wildman–Crippen MR) is 138 cm³/mol. The van der Waals surface area contributed by atoms with Gasteiger partial charge in [-0.3, -0.25) is 0 Å². The summed E-state index contributed by atoms with van der Waals surface area (Å²) in [5.74, 6) is -3.36. The number of hydrogen-bond acceptors (Lipinski definition) is 10. The fourth-order valence-electron chi connectivity index (χ4n) is 5.99. The minimum absolute atomic E-state index is 0.0107. The zero-order valence-electron chi connectivity index (χ0n) is 20.7. The summed E-state index contributed by atoms with van der Waals surface area (Å²) in [6.45, 7) is 0. The third kappa shape index (κ3) is 3.36. The summed E-state index contributed by atoms with van der Waals surface area (Å²) in [6, 6.07) is 15.8. The van der Waals surface area contributed by atoms with Crippen LogP contribution in [-0.2, 0) is 12.2 Å². The molecule has 0 aliphatic carbocycles. The van der Waals surface area contributed by atoms with Crippen LogP contribution in [0.15, 0.2) is 66.7 Å². The Balaban J connectivity index is 1.47. The molecule has 3 aliphatic rings. The number of benzene rings is 4. The summed E-state index contributed by atoms with van der Waals surface area (Å²) >= 11 is 0. The summed E-state index contributed by atoms with van der Waals surface area (Å²) < 4.78 is 18.9. The third-order valence-corrected chi connectivity index (χ3v) is 7.82. The number of phenolic OH excluding ortho intramolecular Hbond substituents is 5. The van der Waals surface area contributed by atoms with Gasteiger partial charge < -0.3 is 50.0 Å². The van der Waals surface area contributed by atoms with Crippen molar-refractivity contribution in [2.45, 2.75) is 36.4 Å². The summed E-state index contributed by atoms with van der Waals surface area (Å²) in [5.41, 5.74) is 1.69. The molecule has 0 fully saturated rings. The van der Waals surface area contributed by atoms with E-state index in [2.05, 4.69) is 0 Å². The summed E-state index contributed by atoms with van der Waals surface area (Å²) in [4.78, 5) is 0.